The second kappa shape index (κ2) is 11.8. The van der Waals surface area contributed by atoms with Gasteiger partial charge < -0.3 is 19.5 Å². The van der Waals surface area contributed by atoms with E-state index in [0.717, 1.165) is 6.07 Å². The number of carbonyl (C=O) groups excluding carboxylic acids is 1. The van der Waals surface area contributed by atoms with E-state index >= 15 is 0 Å². The number of halogens is 4. The molecular formula is C26H21ClF3N3O6S. The lowest BCUT2D eigenvalue weighted by atomic mass is 10.0. The van der Waals surface area contributed by atoms with Crippen LogP contribution in [0.25, 0.3) is 11.1 Å². The Hall–Kier alpha value is -3.67. The number of nitrogens with zero attached hydrogens (tertiary/aromatic N) is 1. The highest BCUT2D eigenvalue weighted by molar-refractivity contribution is 7.89. The summed E-state index contributed by atoms with van der Waals surface area (Å²) in [6.45, 7) is 1.38. The van der Waals surface area contributed by atoms with E-state index in [1.807, 2.05) is 6.07 Å². The molecule has 0 radical (unpaired) electrons. The van der Waals surface area contributed by atoms with Gasteiger partial charge in [-0.15, -0.1) is 0 Å². The van der Waals surface area contributed by atoms with Crippen molar-refractivity contribution in [2.45, 2.75) is 23.3 Å². The number of hydrogen-bond donors (Lipinski definition) is 2. The largest absolute Gasteiger partial charge is 0.480 e. The lowest BCUT2D eigenvalue weighted by Crippen LogP contribution is -2.48. The Morgan fingerprint density at radius 1 is 1.15 bits per heavy atom. The van der Waals surface area contributed by atoms with Crippen LogP contribution in [0.3, 0.4) is 0 Å². The molecule has 0 aromatic heterocycles. The summed E-state index contributed by atoms with van der Waals surface area (Å²) in [4.78, 5) is 11.4. The number of morpholine rings is 1. The third kappa shape index (κ3) is 6.72. The number of ether oxygens (including phenoxy) is 3. The van der Waals surface area contributed by atoms with Gasteiger partial charge in [-0.3, -0.25) is 4.79 Å². The van der Waals surface area contributed by atoms with Crippen LogP contribution in [0.15, 0.2) is 59.5 Å². The molecule has 0 spiro atoms. The SMILES string of the molecule is N#Cc1cc(-c2cc(OC(C=O)C3CNCCO3)ccc2S(N)(=O)=O)ccc1Oc1ccc(Cl)c(C(F)(F)F)c1. The minimum absolute atomic E-state index is 0.0567. The molecule has 210 valence electrons. The van der Waals surface area contributed by atoms with Gasteiger partial charge in [-0.25, -0.2) is 13.6 Å². The second-order valence-electron chi connectivity index (χ2n) is 8.60. The highest BCUT2D eigenvalue weighted by atomic mass is 35.5. The van der Waals surface area contributed by atoms with E-state index < -0.39 is 39.0 Å². The van der Waals surface area contributed by atoms with Crippen molar-refractivity contribution in [3.05, 3.63) is 70.7 Å². The Morgan fingerprint density at radius 3 is 2.52 bits per heavy atom. The van der Waals surface area contributed by atoms with E-state index in [0.29, 0.717) is 32.0 Å². The van der Waals surface area contributed by atoms with E-state index in [2.05, 4.69) is 5.32 Å². The van der Waals surface area contributed by atoms with Crippen molar-refractivity contribution in [3.8, 4) is 34.4 Å². The number of rotatable bonds is 8. The molecule has 4 rings (SSSR count). The molecule has 3 aromatic carbocycles. The fourth-order valence-corrected chi connectivity index (χ4v) is 4.95. The molecule has 3 N–H and O–H groups in total. The molecule has 2 atom stereocenters. The van der Waals surface area contributed by atoms with Crippen molar-refractivity contribution in [2.24, 2.45) is 5.14 Å². The summed E-state index contributed by atoms with van der Waals surface area (Å²) in [6.07, 6.45) is -5.71. The molecule has 0 aliphatic carbocycles. The van der Waals surface area contributed by atoms with E-state index in [1.54, 1.807) is 0 Å². The highest BCUT2D eigenvalue weighted by Crippen LogP contribution is 2.39. The minimum Gasteiger partial charge on any atom is -0.480 e. The van der Waals surface area contributed by atoms with Crippen molar-refractivity contribution in [1.82, 2.24) is 5.32 Å². The molecule has 14 heteroatoms. The number of sulfonamides is 1. The first kappa shape index (κ1) is 29.3. The van der Waals surface area contributed by atoms with Gasteiger partial charge in [0.2, 0.25) is 10.0 Å². The number of aldehydes is 1. The average Bonchev–Trinajstić information content (AvgIpc) is 2.92. The standard InChI is InChI=1S/C26H21ClF3N3O6S/c27-21-4-2-18(11-20(21)26(28,29)30)38-22-5-1-15(9-16(22)12-31)19-10-17(3-6-25(19)40(32,35)36)39-24(14-34)23-13-33-7-8-37-23/h1-6,9-11,14,23-24,33H,7-8,13H2,(H2,32,35,36). The first-order valence-electron chi connectivity index (χ1n) is 11.6. The fourth-order valence-electron chi connectivity index (χ4n) is 3.99. The Balaban J connectivity index is 1.70. The lowest BCUT2D eigenvalue weighted by Gasteiger charge is -2.28. The van der Waals surface area contributed by atoms with E-state index in [4.69, 9.17) is 31.0 Å². The lowest BCUT2D eigenvalue weighted by molar-refractivity contribution is -0.137. The van der Waals surface area contributed by atoms with Crippen LogP contribution in [0.1, 0.15) is 11.1 Å². The third-order valence-corrected chi connectivity index (χ3v) is 7.17. The van der Waals surface area contributed by atoms with Gasteiger partial charge in [0.15, 0.2) is 12.4 Å². The molecule has 3 aromatic rings. The highest BCUT2D eigenvalue weighted by Gasteiger charge is 2.34. The predicted molar refractivity (Wildman–Crippen MR) is 138 cm³/mol. The van der Waals surface area contributed by atoms with Crippen LogP contribution in [-0.4, -0.2) is 46.6 Å². The maximum Gasteiger partial charge on any atom is 0.417 e. The van der Waals surface area contributed by atoms with Crippen LogP contribution in [0.5, 0.6) is 17.2 Å². The topological polar surface area (TPSA) is 141 Å². The van der Waals surface area contributed by atoms with E-state index in [-0.39, 0.29) is 38.8 Å². The quantitative estimate of drug-likeness (QED) is 0.368. The number of primary sulfonamides is 1. The van der Waals surface area contributed by atoms with Gasteiger partial charge in [-0.1, -0.05) is 17.7 Å². The molecular weight excluding hydrogens is 575 g/mol. The van der Waals surface area contributed by atoms with Crippen LogP contribution >= 0.6 is 11.6 Å². The molecule has 0 amide bonds. The number of nitriles is 1. The molecule has 0 bridgehead atoms. The average molecular weight is 596 g/mol. The van der Waals surface area contributed by atoms with Gasteiger partial charge in [0, 0.05) is 18.7 Å². The molecule has 9 nitrogen and oxygen atoms in total. The number of nitrogens with two attached hydrogens (primary N) is 1. The number of benzene rings is 3. The first-order chi connectivity index (χ1) is 18.9. The summed E-state index contributed by atoms with van der Waals surface area (Å²) in [5, 5.41) is 17.7. The molecule has 1 fully saturated rings. The summed E-state index contributed by atoms with van der Waals surface area (Å²) in [6, 6.07) is 12.7. The first-order valence-corrected chi connectivity index (χ1v) is 13.5. The zero-order chi connectivity index (χ0) is 29.1. The van der Waals surface area contributed by atoms with Crippen molar-refractivity contribution in [2.75, 3.05) is 19.7 Å². The van der Waals surface area contributed by atoms with E-state index in [1.165, 1.54) is 42.5 Å². The molecule has 1 aliphatic rings. The Morgan fingerprint density at radius 2 is 1.90 bits per heavy atom. The summed E-state index contributed by atoms with van der Waals surface area (Å²) in [5.41, 5.74) is -0.954. The molecule has 1 saturated heterocycles. The smallest absolute Gasteiger partial charge is 0.417 e. The molecule has 2 unspecified atom stereocenters. The van der Waals surface area contributed by atoms with Crippen LogP contribution in [0.2, 0.25) is 5.02 Å². The van der Waals surface area contributed by atoms with Crippen molar-refractivity contribution in [1.29, 1.82) is 5.26 Å². The molecule has 40 heavy (non-hydrogen) atoms. The van der Waals surface area contributed by atoms with Gasteiger partial charge in [-0.2, -0.15) is 18.4 Å². The maximum atomic E-state index is 13.2. The molecule has 0 saturated carbocycles. The number of nitrogens with one attached hydrogen (secondary N) is 1. The molecule has 1 heterocycles. The van der Waals surface area contributed by atoms with Crippen molar-refractivity contribution >= 4 is 27.9 Å². The van der Waals surface area contributed by atoms with E-state index in [9.17, 15) is 31.6 Å². The fraction of sp³-hybridized carbons (Fsp3) is 0.231. The predicted octanol–water partition coefficient (Wildman–Crippen LogP) is 4.27. The third-order valence-electron chi connectivity index (χ3n) is 5.87. The minimum atomic E-state index is -4.72. The summed E-state index contributed by atoms with van der Waals surface area (Å²) >= 11 is 5.65. The summed E-state index contributed by atoms with van der Waals surface area (Å²) < 4.78 is 81.2. The Bertz CT molecular complexity index is 1570. The van der Waals surface area contributed by atoms with Gasteiger partial charge in [0.1, 0.15) is 29.4 Å². The zero-order valence-corrected chi connectivity index (χ0v) is 22.0. The number of hydrogen-bond acceptors (Lipinski definition) is 8. The van der Waals surface area contributed by atoms with Crippen LogP contribution in [-0.2, 0) is 25.7 Å². The summed E-state index contributed by atoms with van der Waals surface area (Å²) in [5.74, 6) is -0.177. The zero-order valence-electron chi connectivity index (χ0n) is 20.4. The monoisotopic (exact) mass is 595 g/mol. The van der Waals surface area contributed by atoms with Crippen molar-refractivity contribution < 1.29 is 40.6 Å². The molecule has 1 aliphatic heterocycles. The van der Waals surface area contributed by atoms with Crippen LogP contribution in [0.4, 0.5) is 13.2 Å². The van der Waals surface area contributed by atoms with Crippen molar-refractivity contribution in [3.63, 3.8) is 0 Å². The van der Waals surface area contributed by atoms with Gasteiger partial charge in [0.25, 0.3) is 0 Å². The van der Waals surface area contributed by atoms with Crippen LogP contribution < -0.4 is 19.9 Å². The summed E-state index contributed by atoms with van der Waals surface area (Å²) in [7, 11) is -4.25. The normalized spacial score (nSPS) is 16.6. The van der Waals surface area contributed by atoms with Gasteiger partial charge in [0.05, 0.1) is 27.7 Å². The Labute approximate surface area is 232 Å². The van der Waals surface area contributed by atoms with Crippen LogP contribution in [0, 0.1) is 11.3 Å². The van der Waals surface area contributed by atoms with Gasteiger partial charge >= 0.3 is 6.18 Å². The van der Waals surface area contributed by atoms with Gasteiger partial charge in [-0.05, 0) is 54.1 Å². The second-order valence-corrected chi connectivity index (χ2v) is 10.5. The number of alkyl halides is 3. The maximum absolute atomic E-state index is 13.2. The Kier molecular flexibility index (Phi) is 8.67. The number of carbonyl (C=O) groups is 1.